The molecule has 0 saturated heterocycles. The van der Waals surface area contributed by atoms with Crippen LogP contribution >= 0.6 is 11.3 Å². The van der Waals surface area contributed by atoms with Crippen LogP contribution in [0.3, 0.4) is 0 Å². The van der Waals surface area contributed by atoms with Crippen LogP contribution in [0.1, 0.15) is 21.1 Å². The van der Waals surface area contributed by atoms with Gasteiger partial charge < -0.3 is 5.32 Å². The standard InChI is InChI=1S/C15H13N5OS/c1-10-12(14(21)19-9-11-5-2-3-6-16-11)22-15(20-10)13-17-7-4-8-18-13/h2-8H,9H2,1H3,(H,19,21). The lowest BCUT2D eigenvalue weighted by Crippen LogP contribution is -2.23. The predicted octanol–water partition coefficient (Wildman–Crippen LogP) is 2.23. The number of aromatic nitrogens is 4. The van der Waals surface area contributed by atoms with Crippen LogP contribution in [0.4, 0.5) is 0 Å². The molecule has 1 N–H and O–H groups in total. The van der Waals surface area contributed by atoms with E-state index in [0.717, 1.165) is 5.69 Å². The third-order valence-electron chi connectivity index (χ3n) is 2.92. The Morgan fingerprint density at radius 1 is 1.14 bits per heavy atom. The number of hydrogen-bond donors (Lipinski definition) is 1. The summed E-state index contributed by atoms with van der Waals surface area (Å²) in [5.74, 6) is 0.363. The number of rotatable bonds is 4. The molecule has 0 aliphatic carbocycles. The van der Waals surface area contributed by atoms with Crippen LogP contribution in [-0.2, 0) is 6.54 Å². The molecule has 3 rings (SSSR count). The fraction of sp³-hybridized carbons (Fsp3) is 0.133. The number of aryl methyl sites for hydroxylation is 1. The molecular weight excluding hydrogens is 298 g/mol. The minimum atomic E-state index is -0.164. The first-order valence-electron chi connectivity index (χ1n) is 6.67. The Labute approximate surface area is 131 Å². The summed E-state index contributed by atoms with van der Waals surface area (Å²) in [6.07, 6.45) is 5.00. The van der Waals surface area contributed by atoms with Crippen molar-refractivity contribution in [1.82, 2.24) is 25.3 Å². The summed E-state index contributed by atoms with van der Waals surface area (Å²) in [5, 5.41) is 3.49. The number of hydrogen-bond acceptors (Lipinski definition) is 6. The minimum Gasteiger partial charge on any atom is -0.346 e. The van der Waals surface area contributed by atoms with Gasteiger partial charge in [-0.3, -0.25) is 9.78 Å². The maximum absolute atomic E-state index is 12.3. The molecular formula is C15H13N5OS. The Kier molecular flexibility index (Phi) is 4.15. The first-order valence-corrected chi connectivity index (χ1v) is 7.48. The van der Waals surface area contributed by atoms with Crippen LogP contribution in [-0.4, -0.2) is 25.8 Å². The largest absolute Gasteiger partial charge is 0.346 e. The van der Waals surface area contributed by atoms with Crippen molar-refractivity contribution in [2.24, 2.45) is 0 Å². The minimum absolute atomic E-state index is 0.164. The van der Waals surface area contributed by atoms with Crippen molar-refractivity contribution in [1.29, 1.82) is 0 Å². The molecule has 22 heavy (non-hydrogen) atoms. The van der Waals surface area contributed by atoms with Gasteiger partial charge in [-0.2, -0.15) is 0 Å². The topological polar surface area (TPSA) is 80.7 Å². The zero-order valence-corrected chi connectivity index (χ0v) is 12.7. The molecule has 3 aromatic rings. The summed E-state index contributed by atoms with van der Waals surface area (Å²) in [4.78, 5) is 29.7. The van der Waals surface area contributed by atoms with E-state index >= 15 is 0 Å². The van der Waals surface area contributed by atoms with Crippen molar-refractivity contribution in [2.45, 2.75) is 13.5 Å². The van der Waals surface area contributed by atoms with Gasteiger partial charge >= 0.3 is 0 Å². The Hall–Kier alpha value is -2.67. The number of carbonyl (C=O) groups is 1. The van der Waals surface area contributed by atoms with Gasteiger partial charge in [0, 0.05) is 18.6 Å². The molecule has 0 bridgehead atoms. The Morgan fingerprint density at radius 2 is 1.91 bits per heavy atom. The van der Waals surface area contributed by atoms with E-state index in [1.54, 1.807) is 31.6 Å². The Bertz CT molecular complexity index is 773. The summed E-state index contributed by atoms with van der Waals surface area (Å²) < 4.78 is 0. The number of nitrogens with zero attached hydrogens (tertiary/aromatic N) is 4. The molecule has 0 atom stereocenters. The fourth-order valence-electron chi connectivity index (χ4n) is 1.87. The molecule has 0 fully saturated rings. The SMILES string of the molecule is Cc1nc(-c2ncccn2)sc1C(=O)NCc1ccccn1. The summed E-state index contributed by atoms with van der Waals surface area (Å²) in [7, 11) is 0. The fourth-order valence-corrected chi connectivity index (χ4v) is 2.80. The molecule has 0 unspecified atom stereocenters. The average Bonchev–Trinajstić information content (AvgIpc) is 2.96. The highest BCUT2D eigenvalue weighted by Gasteiger charge is 2.17. The van der Waals surface area contributed by atoms with E-state index < -0.39 is 0 Å². The summed E-state index contributed by atoms with van der Waals surface area (Å²) in [5.41, 5.74) is 1.48. The molecule has 0 aromatic carbocycles. The molecule has 3 heterocycles. The summed E-state index contributed by atoms with van der Waals surface area (Å²) in [6.45, 7) is 2.19. The van der Waals surface area contributed by atoms with E-state index in [4.69, 9.17) is 0 Å². The Morgan fingerprint density at radius 3 is 2.64 bits per heavy atom. The van der Waals surface area contributed by atoms with E-state index in [-0.39, 0.29) is 5.91 Å². The lowest BCUT2D eigenvalue weighted by Gasteiger charge is -2.03. The van der Waals surface area contributed by atoms with Crippen LogP contribution < -0.4 is 5.32 Å². The van der Waals surface area contributed by atoms with E-state index in [1.807, 2.05) is 18.2 Å². The van der Waals surface area contributed by atoms with Gasteiger partial charge in [0.05, 0.1) is 17.9 Å². The molecule has 3 aromatic heterocycles. The average molecular weight is 311 g/mol. The van der Waals surface area contributed by atoms with E-state index in [2.05, 4.69) is 25.3 Å². The smallest absolute Gasteiger partial charge is 0.263 e. The summed E-state index contributed by atoms with van der Waals surface area (Å²) in [6, 6.07) is 7.33. The molecule has 0 spiro atoms. The zero-order chi connectivity index (χ0) is 15.4. The molecule has 0 radical (unpaired) electrons. The maximum atomic E-state index is 12.3. The number of amides is 1. The summed E-state index contributed by atoms with van der Waals surface area (Å²) >= 11 is 1.29. The normalized spacial score (nSPS) is 10.4. The lowest BCUT2D eigenvalue weighted by molar-refractivity contribution is 0.0953. The quantitative estimate of drug-likeness (QED) is 0.799. The van der Waals surface area contributed by atoms with E-state index in [9.17, 15) is 4.79 Å². The molecule has 0 saturated carbocycles. The lowest BCUT2D eigenvalue weighted by atomic mass is 10.3. The second kappa shape index (κ2) is 6.40. The van der Waals surface area contributed by atoms with Gasteiger partial charge in [-0.25, -0.2) is 15.0 Å². The number of carbonyl (C=O) groups excluding carboxylic acids is 1. The van der Waals surface area contributed by atoms with Gasteiger partial charge in [-0.05, 0) is 25.1 Å². The zero-order valence-electron chi connectivity index (χ0n) is 11.9. The molecule has 0 aliphatic rings. The monoisotopic (exact) mass is 311 g/mol. The maximum Gasteiger partial charge on any atom is 0.263 e. The van der Waals surface area contributed by atoms with E-state index in [0.29, 0.717) is 27.9 Å². The second-order valence-electron chi connectivity index (χ2n) is 4.51. The van der Waals surface area contributed by atoms with Crippen LogP contribution in [0.25, 0.3) is 10.8 Å². The number of pyridine rings is 1. The number of nitrogens with one attached hydrogen (secondary N) is 1. The third kappa shape index (κ3) is 3.15. The predicted molar refractivity (Wildman–Crippen MR) is 83.3 cm³/mol. The van der Waals surface area contributed by atoms with Gasteiger partial charge in [-0.15, -0.1) is 11.3 Å². The van der Waals surface area contributed by atoms with Crippen molar-refractivity contribution in [3.63, 3.8) is 0 Å². The van der Waals surface area contributed by atoms with Crippen LogP contribution in [0, 0.1) is 6.92 Å². The van der Waals surface area contributed by atoms with Crippen LogP contribution in [0.2, 0.25) is 0 Å². The molecule has 6 nitrogen and oxygen atoms in total. The van der Waals surface area contributed by atoms with Crippen molar-refractivity contribution >= 4 is 17.2 Å². The highest BCUT2D eigenvalue weighted by molar-refractivity contribution is 7.17. The third-order valence-corrected chi connectivity index (χ3v) is 4.07. The van der Waals surface area contributed by atoms with Crippen molar-refractivity contribution < 1.29 is 4.79 Å². The molecule has 0 aliphatic heterocycles. The highest BCUT2D eigenvalue weighted by atomic mass is 32.1. The van der Waals surface area contributed by atoms with Crippen molar-refractivity contribution in [2.75, 3.05) is 0 Å². The van der Waals surface area contributed by atoms with Crippen LogP contribution in [0.5, 0.6) is 0 Å². The van der Waals surface area contributed by atoms with Gasteiger partial charge in [0.15, 0.2) is 10.8 Å². The van der Waals surface area contributed by atoms with Gasteiger partial charge in [0.2, 0.25) is 0 Å². The van der Waals surface area contributed by atoms with Crippen molar-refractivity contribution in [3.05, 3.63) is 59.1 Å². The first-order chi connectivity index (χ1) is 10.7. The second-order valence-corrected chi connectivity index (χ2v) is 5.51. The van der Waals surface area contributed by atoms with Gasteiger partial charge in [0.25, 0.3) is 5.91 Å². The van der Waals surface area contributed by atoms with Gasteiger partial charge in [0.1, 0.15) is 4.88 Å². The molecule has 1 amide bonds. The molecule has 7 heteroatoms. The molecule has 110 valence electrons. The van der Waals surface area contributed by atoms with E-state index in [1.165, 1.54) is 11.3 Å². The van der Waals surface area contributed by atoms with Crippen LogP contribution in [0.15, 0.2) is 42.9 Å². The number of thiazole rings is 1. The highest BCUT2D eigenvalue weighted by Crippen LogP contribution is 2.24. The van der Waals surface area contributed by atoms with Crippen molar-refractivity contribution in [3.8, 4) is 10.8 Å². The van der Waals surface area contributed by atoms with Gasteiger partial charge in [-0.1, -0.05) is 6.07 Å². The first kappa shape index (κ1) is 14.3. The Balaban J connectivity index is 1.74.